The van der Waals surface area contributed by atoms with Gasteiger partial charge >= 0.3 is 12.1 Å². The van der Waals surface area contributed by atoms with Crippen molar-refractivity contribution in [1.82, 2.24) is 19.9 Å². The highest BCUT2D eigenvalue weighted by Crippen LogP contribution is 2.52. The van der Waals surface area contributed by atoms with Crippen LogP contribution in [-0.4, -0.2) is 92.0 Å². The number of fused-ring (bicyclic) bond motifs is 3. The number of halogens is 2. The zero-order chi connectivity index (χ0) is 43.5. The third-order valence-electron chi connectivity index (χ3n) is 14.8. The van der Waals surface area contributed by atoms with E-state index in [0.717, 1.165) is 64.2 Å². The van der Waals surface area contributed by atoms with Crippen LogP contribution in [0, 0.1) is 28.4 Å². The van der Waals surface area contributed by atoms with Gasteiger partial charge in [-0.2, -0.15) is 9.97 Å². The number of β-amino-alcohol motifs (C(OH)–C–C–N with tert-alkyl or cyclic N) is 1. The molecule has 61 heavy (non-hydrogen) atoms. The van der Waals surface area contributed by atoms with Gasteiger partial charge in [0, 0.05) is 42.7 Å². The smallest absolute Gasteiger partial charge is 0.404 e. The monoisotopic (exact) mass is 842 g/mol. The number of aryl methyl sites for hydroxylation is 1. The molecular weight excluding hydrogens is 783 g/mol. The molecule has 0 radical (unpaired) electrons. The van der Waals surface area contributed by atoms with Crippen LogP contribution in [0.15, 0.2) is 30.5 Å². The van der Waals surface area contributed by atoms with E-state index in [1.165, 1.54) is 24.4 Å². The standard InChI is InChI=1S/C47H60F2N6O6/c1-6-32-35(48)10-9-29-21-31(57)23-33(37(29)32)39-38(49)40-34(24-51-39)41(54-19-7-14-45(5,59)25-54)53-43(52-40)60-27-47-15-8-20-55(47)30(13-18-47)22-36(61-42(50)58)28-11-16-46(26-56,17-12-28)44(2,3)4/h9-10,21,23-24,26,28,30,36,57,59H,6-8,11-20,22,25,27H2,1-5H3,(H2,50,58)/t28?,30-,36?,45+,46?,47-/m0/s1. The Hall–Kier alpha value is -4.69. The molecule has 1 unspecified atom stereocenters. The van der Waals surface area contributed by atoms with Gasteiger partial charge in [-0.25, -0.2) is 13.6 Å². The van der Waals surface area contributed by atoms with Crippen LogP contribution in [0.4, 0.5) is 19.4 Å². The number of amides is 1. The zero-order valence-corrected chi connectivity index (χ0v) is 36.1. The van der Waals surface area contributed by atoms with E-state index in [2.05, 4.69) is 30.7 Å². The highest BCUT2D eigenvalue weighted by atomic mass is 19.1. The number of carbonyl (C=O) groups is 2. The Bertz CT molecular complexity index is 2330. The van der Waals surface area contributed by atoms with Crippen LogP contribution in [0.5, 0.6) is 11.8 Å². The minimum Gasteiger partial charge on any atom is -0.508 e. The number of phenols is 1. The minimum absolute atomic E-state index is 0.0100. The zero-order valence-electron chi connectivity index (χ0n) is 36.1. The second-order valence-electron chi connectivity index (χ2n) is 19.6. The number of phenolic OH excluding ortho intramolecular Hbond substituents is 1. The molecule has 2 aromatic carbocycles. The first-order chi connectivity index (χ1) is 29.0. The van der Waals surface area contributed by atoms with E-state index in [0.29, 0.717) is 59.8 Å². The molecule has 1 saturated carbocycles. The predicted octanol–water partition coefficient (Wildman–Crippen LogP) is 8.39. The van der Waals surface area contributed by atoms with Gasteiger partial charge in [0.2, 0.25) is 0 Å². The van der Waals surface area contributed by atoms with Gasteiger partial charge < -0.3 is 35.1 Å². The Morgan fingerprint density at radius 3 is 2.51 bits per heavy atom. The van der Waals surface area contributed by atoms with Crippen molar-refractivity contribution in [2.24, 2.45) is 22.5 Å². The molecule has 5 heterocycles. The van der Waals surface area contributed by atoms with Crippen LogP contribution < -0.4 is 15.4 Å². The minimum atomic E-state index is -0.996. The molecule has 3 saturated heterocycles. The SMILES string of the molecule is CCc1c(F)ccc2cc(O)cc(-c3ncc4c(N5CCC[C@@](C)(O)C5)nc(OC[C@@]56CCCN5[C@H](CC(OC(N)=O)C5CCC(C=O)(C(C)(C)C)CC5)CC6)nc4c3F)c12. The van der Waals surface area contributed by atoms with E-state index in [1.807, 2.05) is 11.8 Å². The molecule has 12 nitrogen and oxygen atoms in total. The molecule has 8 rings (SSSR count). The predicted molar refractivity (Wildman–Crippen MR) is 229 cm³/mol. The summed E-state index contributed by atoms with van der Waals surface area (Å²) in [5.74, 6) is -0.806. The van der Waals surface area contributed by atoms with Crippen molar-refractivity contribution in [3.05, 3.63) is 47.7 Å². The average Bonchev–Trinajstić information content (AvgIpc) is 3.78. The van der Waals surface area contributed by atoms with Crippen LogP contribution >= 0.6 is 0 Å². The largest absolute Gasteiger partial charge is 0.508 e. The lowest BCUT2D eigenvalue weighted by Crippen LogP contribution is -2.49. The molecule has 4 N–H and O–H groups in total. The van der Waals surface area contributed by atoms with Crippen LogP contribution in [0.3, 0.4) is 0 Å². The van der Waals surface area contributed by atoms with E-state index < -0.39 is 28.7 Å². The Morgan fingerprint density at radius 1 is 1.07 bits per heavy atom. The van der Waals surface area contributed by atoms with Crippen molar-refractivity contribution < 1.29 is 38.1 Å². The van der Waals surface area contributed by atoms with Gasteiger partial charge in [-0.05, 0) is 130 Å². The number of ether oxygens (including phenoxy) is 2. The lowest BCUT2D eigenvalue weighted by Gasteiger charge is -2.46. The summed E-state index contributed by atoms with van der Waals surface area (Å²) in [5, 5.41) is 23.2. The van der Waals surface area contributed by atoms with E-state index in [-0.39, 0.29) is 70.7 Å². The number of rotatable bonds is 11. The van der Waals surface area contributed by atoms with E-state index in [4.69, 9.17) is 25.2 Å². The second-order valence-corrected chi connectivity index (χ2v) is 19.6. The Morgan fingerprint density at radius 2 is 1.82 bits per heavy atom. The fourth-order valence-electron chi connectivity index (χ4n) is 11.3. The van der Waals surface area contributed by atoms with Crippen molar-refractivity contribution in [2.45, 2.75) is 135 Å². The molecule has 0 bridgehead atoms. The number of anilines is 1. The van der Waals surface area contributed by atoms with Crippen molar-refractivity contribution in [3.8, 4) is 23.0 Å². The molecule has 14 heteroatoms. The summed E-state index contributed by atoms with van der Waals surface area (Å²) in [4.78, 5) is 43.2. The topological polar surface area (TPSA) is 164 Å². The third kappa shape index (κ3) is 7.98. The number of hydrogen-bond donors (Lipinski definition) is 3. The molecule has 1 aliphatic carbocycles. The fourth-order valence-corrected chi connectivity index (χ4v) is 11.3. The molecule has 4 aliphatic rings. The van der Waals surface area contributed by atoms with Gasteiger partial charge in [-0.15, -0.1) is 0 Å². The summed E-state index contributed by atoms with van der Waals surface area (Å²) < 4.78 is 44.8. The van der Waals surface area contributed by atoms with Crippen LogP contribution in [0.2, 0.25) is 0 Å². The van der Waals surface area contributed by atoms with Crippen molar-refractivity contribution >= 4 is 39.9 Å². The number of aldehydes is 1. The maximum absolute atomic E-state index is 17.2. The molecule has 4 aromatic rings. The summed E-state index contributed by atoms with van der Waals surface area (Å²) in [6.45, 7) is 11.9. The Kier molecular flexibility index (Phi) is 11.4. The number of piperidine rings is 1. The quantitative estimate of drug-likeness (QED) is 0.124. The molecule has 3 aliphatic heterocycles. The summed E-state index contributed by atoms with van der Waals surface area (Å²) in [6.07, 6.45) is 10.3. The van der Waals surface area contributed by atoms with Crippen LogP contribution in [0.1, 0.15) is 111 Å². The number of pyridine rings is 1. The molecule has 4 atom stereocenters. The molecule has 2 aromatic heterocycles. The third-order valence-corrected chi connectivity index (χ3v) is 14.8. The highest BCUT2D eigenvalue weighted by Gasteiger charge is 2.52. The van der Waals surface area contributed by atoms with Crippen LogP contribution in [0.25, 0.3) is 32.9 Å². The number of aromatic hydroxyl groups is 1. The first kappa shape index (κ1) is 43.0. The van der Waals surface area contributed by atoms with Gasteiger partial charge in [-0.3, -0.25) is 9.88 Å². The van der Waals surface area contributed by atoms with Gasteiger partial charge in [0.1, 0.15) is 47.6 Å². The summed E-state index contributed by atoms with van der Waals surface area (Å²) in [5.41, 5.74) is 4.24. The molecular formula is C47H60F2N6O6. The van der Waals surface area contributed by atoms with Gasteiger partial charge in [-0.1, -0.05) is 33.8 Å². The summed E-state index contributed by atoms with van der Waals surface area (Å²) in [6, 6.07) is 5.94. The number of primary amides is 1. The molecule has 328 valence electrons. The van der Waals surface area contributed by atoms with Crippen LogP contribution in [-0.2, 0) is 16.0 Å². The number of aromatic nitrogens is 3. The van der Waals surface area contributed by atoms with Gasteiger partial charge in [0.25, 0.3) is 0 Å². The van der Waals surface area contributed by atoms with Gasteiger partial charge in [0.15, 0.2) is 5.82 Å². The Labute approximate surface area is 356 Å². The number of carbonyl (C=O) groups excluding carboxylic acids is 2. The number of nitrogens with zero attached hydrogens (tertiary/aromatic N) is 5. The molecule has 4 fully saturated rings. The lowest BCUT2D eigenvalue weighted by molar-refractivity contribution is -0.127. The van der Waals surface area contributed by atoms with E-state index >= 15 is 8.78 Å². The maximum Gasteiger partial charge on any atom is 0.404 e. The number of nitrogens with two attached hydrogens (primary N) is 1. The van der Waals surface area contributed by atoms with Crippen molar-refractivity contribution in [2.75, 3.05) is 31.1 Å². The highest BCUT2D eigenvalue weighted by molar-refractivity contribution is 6.01. The molecule has 1 amide bonds. The summed E-state index contributed by atoms with van der Waals surface area (Å²) >= 11 is 0. The lowest BCUT2D eigenvalue weighted by atomic mass is 9.58. The first-order valence-electron chi connectivity index (χ1n) is 22.1. The Balaban J connectivity index is 1.10. The normalized spacial score (nSPS) is 27.6. The number of aliphatic hydroxyl groups is 1. The van der Waals surface area contributed by atoms with E-state index in [9.17, 15) is 19.8 Å². The summed E-state index contributed by atoms with van der Waals surface area (Å²) in [7, 11) is 0. The van der Waals surface area contributed by atoms with Crippen molar-refractivity contribution in [3.63, 3.8) is 0 Å². The fraction of sp³-hybridized carbons (Fsp3) is 0.596. The number of hydrogen-bond acceptors (Lipinski definition) is 11. The maximum atomic E-state index is 17.2. The first-order valence-corrected chi connectivity index (χ1v) is 22.1. The van der Waals surface area contributed by atoms with Gasteiger partial charge in [0.05, 0.1) is 16.5 Å². The molecule has 0 spiro atoms. The number of benzene rings is 2. The average molecular weight is 843 g/mol. The van der Waals surface area contributed by atoms with E-state index in [1.54, 1.807) is 13.0 Å². The second kappa shape index (κ2) is 16.2. The van der Waals surface area contributed by atoms with Crippen molar-refractivity contribution in [1.29, 1.82) is 0 Å².